The Bertz CT molecular complexity index is 803. The lowest BCUT2D eigenvalue weighted by molar-refractivity contribution is -0.115. The second kappa shape index (κ2) is 8.86. The van der Waals surface area contributed by atoms with Crippen molar-refractivity contribution in [1.29, 1.82) is 0 Å². The minimum Gasteiger partial charge on any atom is -0.315 e. The van der Waals surface area contributed by atoms with E-state index in [9.17, 15) is 14.4 Å². The molecule has 3 rings (SSSR count). The number of thioether (sulfide) groups is 1. The number of imide groups is 1. The Hall–Kier alpha value is -2.60. The second-order valence-electron chi connectivity index (χ2n) is 6.36. The van der Waals surface area contributed by atoms with Crippen LogP contribution in [0.5, 0.6) is 0 Å². The van der Waals surface area contributed by atoms with Crippen molar-refractivity contribution in [3.05, 3.63) is 65.7 Å². The van der Waals surface area contributed by atoms with E-state index in [1.807, 2.05) is 30.3 Å². The van der Waals surface area contributed by atoms with E-state index in [-0.39, 0.29) is 17.7 Å². The van der Waals surface area contributed by atoms with Crippen LogP contribution in [0.1, 0.15) is 33.6 Å². The van der Waals surface area contributed by atoms with Gasteiger partial charge in [0.1, 0.15) is 0 Å². The van der Waals surface area contributed by atoms with Gasteiger partial charge in [0, 0.05) is 19.3 Å². The maximum absolute atomic E-state index is 12.3. The summed E-state index contributed by atoms with van der Waals surface area (Å²) < 4.78 is 0. The van der Waals surface area contributed by atoms with E-state index in [0.717, 1.165) is 24.3 Å². The van der Waals surface area contributed by atoms with Crippen molar-refractivity contribution in [3.8, 4) is 0 Å². The second-order valence-corrected chi connectivity index (χ2v) is 7.46. The molecule has 6 heteroatoms. The van der Waals surface area contributed by atoms with E-state index in [1.54, 1.807) is 48.0 Å². The van der Waals surface area contributed by atoms with Crippen molar-refractivity contribution < 1.29 is 14.4 Å². The molecule has 0 saturated carbocycles. The molecule has 1 aliphatic heterocycles. The molecular formula is C21H22N2O3S. The van der Waals surface area contributed by atoms with Crippen LogP contribution in [0.4, 0.5) is 5.69 Å². The number of nitrogens with zero attached hydrogens (tertiary/aromatic N) is 2. The van der Waals surface area contributed by atoms with Crippen LogP contribution in [0, 0.1) is 0 Å². The minimum absolute atomic E-state index is 0.0616. The summed E-state index contributed by atoms with van der Waals surface area (Å²) in [5.74, 6) is 0.882. The van der Waals surface area contributed by atoms with Crippen molar-refractivity contribution in [2.75, 3.05) is 30.0 Å². The predicted octanol–water partition coefficient (Wildman–Crippen LogP) is 3.46. The summed E-state index contributed by atoms with van der Waals surface area (Å²) >= 11 is 1.58. The van der Waals surface area contributed by atoms with Gasteiger partial charge in [0.05, 0.1) is 16.9 Å². The summed E-state index contributed by atoms with van der Waals surface area (Å²) in [7, 11) is 1.78. The molecule has 0 fully saturated rings. The quantitative estimate of drug-likeness (QED) is 0.518. The number of unbranched alkanes of at least 4 members (excludes halogenated alkanes) is 1. The van der Waals surface area contributed by atoms with Crippen molar-refractivity contribution in [2.45, 2.75) is 12.8 Å². The van der Waals surface area contributed by atoms with E-state index in [2.05, 4.69) is 0 Å². The number of carbonyl (C=O) groups excluding carboxylic acids is 3. The van der Waals surface area contributed by atoms with Gasteiger partial charge in [0.2, 0.25) is 5.91 Å². The van der Waals surface area contributed by atoms with Gasteiger partial charge < -0.3 is 4.90 Å². The summed E-state index contributed by atoms with van der Waals surface area (Å²) in [6, 6.07) is 16.5. The van der Waals surface area contributed by atoms with Crippen molar-refractivity contribution >= 4 is 35.2 Å². The molecule has 1 heterocycles. The van der Waals surface area contributed by atoms with E-state index in [4.69, 9.17) is 0 Å². The molecule has 0 aliphatic carbocycles. The molecule has 0 atom stereocenters. The monoisotopic (exact) mass is 382 g/mol. The molecule has 0 radical (unpaired) electrons. The van der Waals surface area contributed by atoms with Gasteiger partial charge in [-0.3, -0.25) is 19.3 Å². The molecule has 0 N–H and O–H groups in total. The third-order valence-corrected chi connectivity index (χ3v) is 5.57. The first-order valence-electron chi connectivity index (χ1n) is 8.94. The molecule has 27 heavy (non-hydrogen) atoms. The highest BCUT2D eigenvalue weighted by Crippen LogP contribution is 2.23. The maximum Gasteiger partial charge on any atom is 0.261 e. The highest BCUT2D eigenvalue weighted by molar-refractivity contribution is 7.99. The van der Waals surface area contributed by atoms with E-state index >= 15 is 0 Å². The van der Waals surface area contributed by atoms with Gasteiger partial charge in [-0.05, 0) is 42.9 Å². The topological polar surface area (TPSA) is 57.7 Å². The summed E-state index contributed by atoms with van der Waals surface area (Å²) in [5, 5.41) is 0. The number of rotatable bonds is 8. The Labute approximate surface area is 163 Å². The number of benzene rings is 2. The Morgan fingerprint density at radius 3 is 2.15 bits per heavy atom. The van der Waals surface area contributed by atoms with Crippen molar-refractivity contribution in [2.24, 2.45) is 0 Å². The summed E-state index contributed by atoms with van der Waals surface area (Å²) in [6.45, 7) is 0.421. The number of hydrogen-bond donors (Lipinski definition) is 0. The molecule has 140 valence electrons. The van der Waals surface area contributed by atoms with Crippen LogP contribution >= 0.6 is 11.8 Å². The predicted molar refractivity (Wildman–Crippen MR) is 108 cm³/mol. The highest BCUT2D eigenvalue weighted by atomic mass is 32.2. The van der Waals surface area contributed by atoms with Crippen molar-refractivity contribution in [1.82, 2.24) is 4.90 Å². The average Bonchev–Trinajstić information content (AvgIpc) is 2.95. The Kier molecular flexibility index (Phi) is 6.29. The van der Waals surface area contributed by atoms with Crippen molar-refractivity contribution in [3.63, 3.8) is 0 Å². The van der Waals surface area contributed by atoms with Crippen LogP contribution in [0.3, 0.4) is 0 Å². The standard InChI is InChI=1S/C21H22N2O3S/c1-22(16-9-3-2-4-10-16)19(24)15-27-14-8-7-13-23-20(25)17-11-5-6-12-18(17)21(23)26/h2-6,9-12H,7-8,13-15H2,1H3. The first-order chi connectivity index (χ1) is 13.1. The molecule has 0 spiro atoms. The first kappa shape index (κ1) is 19.2. The zero-order valence-corrected chi connectivity index (χ0v) is 16.1. The van der Waals surface area contributed by atoms with Gasteiger partial charge in [-0.15, -0.1) is 0 Å². The Balaban J connectivity index is 1.36. The number of para-hydroxylation sites is 1. The molecule has 2 aromatic rings. The van der Waals surface area contributed by atoms with Gasteiger partial charge in [-0.2, -0.15) is 11.8 Å². The van der Waals surface area contributed by atoms with Crippen LogP contribution in [0.25, 0.3) is 0 Å². The number of carbonyl (C=O) groups is 3. The van der Waals surface area contributed by atoms with Gasteiger partial charge in [-0.25, -0.2) is 0 Å². The van der Waals surface area contributed by atoms with Gasteiger partial charge in [-0.1, -0.05) is 30.3 Å². The van der Waals surface area contributed by atoms with Crippen LogP contribution in [0.2, 0.25) is 0 Å². The van der Waals surface area contributed by atoms with Crippen LogP contribution < -0.4 is 4.90 Å². The number of fused-ring (bicyclic) bond motifs is 1. The molecule has 0 saturated heterocycles. The average molecular weight is 382 g/mol. The van der Waals surface area contributed by atoms with Crippen LogP contribution in [0.15, 0.2) is 54.6 Å². The largest absolute Gasteiger partial charge is 0.315 e. The summed E-state index contributed by atoms with van der Waals surface area (Å²) in [5.41, 5.74) is 1.87. The SMILES string of the molecule is CN(C(=O)CSCCCCN1C(=O)c2ccccc2C1=O)c1ccccc1. The third kappa shape index (κ3) is 4.39. The fourth-order valence-electron chi connectivity index (χ4n) is 2.97. The Morgan fingerprint density at radius 2 is 1.52 bits per heavy atom. The molecular weight excluding hydrogens is 360 g/mol. The normalized spacial score (nSPS) is 13.0. The zero-order chi connectivity index (χ0) is 19.2. The maximum atomic E-state index is 12.3. The van der Waals surface area contributed by atoms with E-state index < -0.39 is 0 Å². The molecule has 5 nitrogen and oxygen atoms in total. The van der Waals surface area contributed by atoms with Gasteiger partial charge in [0.25, 0.3) is 11.8 Å². The molecule has 0 aromatic heterocycles. The van der Waals surface area contributed by atoms with Crippen LogP contribution in [-0.2, 0) is 4.79 Å². The molecule has 0 bridgehead atoms. The van der Waals surface area contributed by atoms with E-state index in [0.29, 0.717) is 23.4 Å². The highest BCUT2D eigenvalue weighted by Gasteiger charge is 2.34. The molecule has 0 unspecified atom stereocenters. The third-order valence-electron chi connectivity index (χ3n) is 4.54. The summed E-state index contributed by atoms with van der Waals surface area (Å²) in [6.07, 6.45) is 1.58. The zero-order valence-electron chi connectivity index (χ0n) is 15.3. The fourth-order valence-corrected chi connectivity index (χ4v) is 3.89. The van der Waals surface area contributed by atoms with Gasteiger partial charge in [0.15, 0.2) is 0 Å². The lowest BCUT2D eigenvalue weighted by Gasteiger charge is -2.17. The summed E-state index contributed by atoms with van der Waals surface area (Å²) in [4.78, 5) is 39.7. The molecule has 1 aliphatic rings. The smallest absolute Gasteiger partial charge is 0.261 e. The lowest BCUT2D eigenvalue weighted by atomic mass is 10.1. The fraction of sp³-hybridized carbons (Fsp3) is 0.286. The van der Waals surface area contributed by atoms with Crippen LogP contribution in [-0.4, -0.2) is 47.7 Å². The lowest BCUT2D eigenvalue weighted by Crippen LogP contribution is -2.30. The van der Waals surface area contributed by atoms with E-state index in [1.165, 1.54) is 4.90 Å². The number of hydrogen-bond acceptors (Lipinski definition) is 4. The number of amides is 3. The molecule has 3 amide bonds. The van der Waals surface area contributed by atoms with Gasteiger partial charge >= 0.3 is 0 Å². The first-order valence-corrected chi connectivity index (χ1v) is 10.1. The Morgan fingerprint density at radius 1 is 0.926 bits per heavy atom. The number of anilines is 1. The molecule has 2 aromatic carbocycles. The minimum atomic E-state index is -0.206.